The zero-order valence-electron chi connectivity index (χ0n) is 13.1. The highest BCUT2D eigenvalue weighted by molar-refractivity contribution is 5.88. The van der Waals surface area contributed by atoms with Crippen LogP contribution in [0.1, 0.15) is 5.56 Å². The van der Waals surface area contributed by atoms with Crippen LogP contribution < -0.4 is 4.74 Å². The highest BCUT2D eigenvalue weighted by Crippen LogP contribution is 2.41. The molecule has 0 saturated carbocycles. The van der Waals surface area contributed by atoms with E-state index in [2.05, 4.69) is 54.6 Å². The van der Waals surface area contributed by atoms with Crippen molar-refractivity contribution >= 4 is 10.9 Å². The van der Waals surface area contributed by atoms with E-state index in [1.54, 1.807) is 0 Å². The summed E-state index contributed by atoms with van der Waals surface area (Å²) >= 11 is 0. The Morgan fingerprint density at radius 1 is 0.750 bits per heavy atom. The molecule has 0 aliphatic carbocycles. The minimum Gasteiger partial charge on any atom is -0.487 e. The van der Waals surface area contributed by atoms with Crippen LogP contribution in [0.25, 0.3) is 33.3 Å². The molecule has 2 nitrogen and oxygen atoms in total. The maximum absolute atomic E-state index is 6.06. The SMILES string of the molecule is c1ccc(-c2cccc3c2COc2cc4ccccc4nc2-3)cc1. The number of rotatable bonds is 1. The van der Waals surface area contributed by atoms with Gasteiger partial charge in [0.1, 0.15) is 18.1 Å². The molecule has 0 amide bonds. The minimum atomic E-state index is 0.577. The maximum atomic E-state index is 6.06. The Bertz CT molecular complexity index is 1050. The van der Waals surface area contributed by atoms with E-state index in [1.807, 2.05) is 24.3 Å². The van der Waals surface area contributed by atoms with Gasteiger partial charge in [-0.25, -0.2) is 4.98 Å². The van der Waals surface area contributed by atoms with Crippen LogP contribution in [-0.4, -0.2) is 4.98 Å². The molecule has 2 heterocycles. The van der Waals surface area contributed by atoms with Crippen LogP contribution in [-0.2, 0) is 6.61 Å². The molecule has 0 unspecified atom stereocenters. The van der Waals surface area contributed by atoms with Crippen molar-refractivity contribution in [3.05, 3.63) is 84.4 Å². The predicted octanol–water partition coefficient (Wildman–Crippen LogP) is 5.46. The summed E-state index contributed by atoms with van der Waals surface area (Å²) in [4.78, 5) is 4.87. The smallest absolute Gasteiger partial charge is 0.146 e. The van der Waals surface area contributed by atoms with Crippen LogP contribution in [0, 0.1) is 0 Å². The first-order valence-corrected chi connectivity index (χ1v) is 8.10. The van der Waals surface area contributed by atoms with E-state index in [0.717, 1.165) is 22.3 Å². The lowest BCUT2D eigenvalue weighted by molar-refractivity contribution is 0.302. The molecule has 1 aliphatic heterocycles. The second kappa shape index (κ2) is 5.20. The predicted molar refractivity (Wildman–Crippen MR) is 96.9 cm³/mol. The highest BCUT2D eigenvalue weighted by Gasteiger charge is 2.22. The molecule has 5 rings (SSSR count). The van der Waals surface area contributed by atoms with Crippen LogP contribution in [0.4, 0.5) is 0 Å². The number of benzene rings is 3. The number of hydrogen-bond acceptors (Lipinski definition) is 2. The number of para-hydroxylation sites is 1. The lowest BCUT2D eigenvalue weighted by Gasteiger charge is -2.23. The van der Waals surface area contributed by atoms with Crippen molar-refractivity contribution in [2.75, 3.05) is 0 Å². The van der Waals surface area contributed by atoms with Crippen LogP contribution >= 0.6 is 0 Å². The van der Waals surface area contributed by atoms with Gasteiger partial charge in [-0.1, -0.05) is 66.7 Å². The van der Waals surface area contributed by atoms with E-state index >= 15 is 0 Å². The Morgan fingerprint density at radius 3 is 2.46 bits per heavy atom. The van der Waals surface area contributed by atoms with Crippen LogP contribution in [0.15, 0.2) is 78.9 Å². The molecule has 2 heteroatoms. The average molecular weight is 309 g/mol. The van der Waals surface area contributed by atoms with Gasteiger partial charge in [0.2, 0.25) is 0 Å². The largest absolute Gasteiger partial charge is 0.487 e. The minimum absolute atomic E-state index is 0.577. The molecular formula is C22H15NO. The first-order valence-electron chi connectivity index (χ1n) is 8.10. The summed E-state index contributed by atoms with van der Waals surface area (Å²) in [5, 5.41) is 1.11. The molecular weight excluding hydrogens is 294 g/mol. The summed E-state index contributed by atoms with van der Waals surface area (Å²) < 4.78 is 6.06. The zero-order valence-corrected chi connectivity index (χ0v) is 13.1. The summed E-state index contributed by atoms with van der Waals surface area (Å²) in [6.07, 6.45) is 0. The third-order valence-corrected chi connectivity index (χ3v) is 4.58. The lowest BCUT2D eigenvalue weighted by atomic mass is 9.92. The number of ether oxygens (including phenoxy) is 1. The van der Waals surface area contributed by atoms with Gasteiger partial charge in [-0.15, -0.1) is 0 Å². The Kier molecular flexibility index (Phi) is 2.89. The molecule has 0 N–H and O–H groups in total. The van der Waals surface area contributed by atoms with E-state index in [-0.39, 0.29) is 0 Å². The van der Waals surface area contributed by atoms with E-state index in [1.165, 1.54) is 22.3 Å². The highest BCUT2D eigenvalue weighted by atomic mass is 16.5. The van der Waals surface area contributed by atoms with Gasteiger partial charge in [-0.3, -0.25) is 0 Å². The molecule has 1 aliphatic rings. The zero-order chi connectivity index (χ0) is 15.9. The molecule has 0 atom stereocenters. The summed E-state index contributed by atoms with van der Waals surface area (Å²) in [7, 11) is 0. The normalized spacial score (nSPS) is 12.3. The molecule has 0 spiro atoms. The van der Waals surface area contributed by atoms with Crippen LogP contribution in [0.5, 0.6) is 5.75 Å². The number of fused-ring (bicyclic) bond motifs is 4. The van der Waals surface area contributed by atoms with Gasteiger partial charge in [0.05, 0.1) is 5.52 Å². The molecule has 0 saturated heterocycles. The molecule has 24 heavy (non-hydrogen) atoms. The quantitative estimate of drug-likeness (QED) is 0.465. The molecule has 0 fully saturated rings. The average Bonchev–Trinajstić information content (AvgIpc) is 2.66. The maximum Gasteiger partial charge on any atom is 0.146 e. The molecule has 0 bridgehead atoms. The van der Waals surface area contributed by atoms with Crippen molar-refractivity contribution in [2.45, 2.75) is 6.61 Å². The fourth-order valence-electron chi connectivity index (χ4n) is 3.40. The van der Waals surface area contributed by atoms with Gasteiger partial charge in [-0.2, -0.15) is 0 Å². The van der Waals surface area contributed by atoms with E-state index in [9.17, 15) is 0 Å². The molecule has 3 aromatic carbocycles. The number of pyridine rings is 1. The van der Waals surface area contributed by atoms with Crippen LogP contribution in [0.3, 0.4) is 0 Å². The number of aromatic nitrogens is 1. The van der Waals surface area contributed by atoms with Gasteiger partial charge in [0, 0.05) is 16.5 Å². The molecule has 114 valence electrons. The Morgan fingerprint density at radius 2 is 1.54 bits per heavy atom. The van der Waals surface area contributed by atoms with Crippen LogP contribution in [0.2, 0.25) is 0 Å². The van der Waals surface area contributed by atoms with E-state index in [4.69, 9.17) is 9.72 Å². The molecule has 1 aromatic heterocycles. The molecule has 0 radical (unpaired) electrons. The summed E-state index contributed by atoms with van der Waals surface area (Å²) in [6, 6.07) is 27.1. The van der Waals surface area contributed by atoms with E-state index in [0.29, 0.717) is 6.61 Å². The standard InChI is InChI=1S/C22H15NO/c1-2-7-15(8-3-1)17-10-6-11-18-19(17)14-24-21-13-16-9-4-5-12-20(16)23-22(18)21/h1-13H,14H2. The van der Waals surface area contributed by atoms with Crippen molar-refractivity contribution in [2.24, 2.45) is 0 Å². The fourth-order valence-corrected chi connectivity index (χ4v) is 3.40. The van der Waals surface area contributed by atoms with Crippen molar-refractivity contribution in [3.8, 4) is 28.1 Å². The Balaban J connectivity index is 1.76. The summed E-state index contributed by atoms with van der Waals surface area (Å²) in [5.74, 6) is 0.867. The van der Waals surface area contributed by atoms with Gasteiger partial charge in [0.15, 0.2) is 0 Å². The molecule has 4 aromatic rings. The third kappa shape index (κ3) is 2.00. The monoisotopic (exact) mass is 309 g/mol. The Labute approximate surface area is 140 Å². The number of nitrogens with zero attached hydrogens (tertiary/aromatic N) is 1. The van der Waals surface area contributed by atoms with Gasteiger partial charge in [0.25, 0.3) is 0 Å². The lowest BCUT2D eigenvalue weighted by Crippen LogP contribution is -2.08. The van der Waals surface area contributed by atoms with E-state index < -0.39 is 0 Å². The number of hydrogen-bond donors (Lipinski definition) is 0. The van der Waals surface area contributed by atoms with Gasteiger partial charge >= 0.3 is 0 Å². The first kappa shape index (κ1) is 13.3. The summed E-state index contributed by atoms with van der Waals surface area (Å²) in [5.41, 5.74) is 6.74. The van der Waals surface area contributed by atoms with Crippen molar-refractivity contribution in [1.29, 1.82) is 0 Å². The van der Waals surface area contributed by atoms with Crippen molar-refractivity contribution in [3.63, 3.8) is 0 Å². The second-order valence-electron chi connectivity index (χ2n) is 6.01. The van der Waals surface area contributed by atoms with Gasteiger partial charge in [-0.05, 0) is 23.3 Å². The topological polar surface area (TPSA) is 22.1 Å². The fraction of sp³-hybridized carbons (Fsp3) is 0.0455. The third-order valence-electron chi connectivity index (χ3n) is 4.58. The summed E-state index contributed by atoms with van der Waals surface area (Å²) in [6.45, 7) is 0.577. The van der Waals surface area contributed by atoms with Crippen molar-refractivity contribution < 1.29 is 4.74 Å². The van der Waals surface area contributed by atoms with Crippen molar-refractivity contribution in [1.82, 2.24) is 4.98 Å². The first-order chi connectivity index (χ1) is 11.9. The second-order valence-corrected chi connectivity index (χ2v) is 6.01. The van der Waals surface area contributed by atoms with Gasteiger partial charge < -0.3 is 4.74 Å². The Hall–Kier alpha value is -3.13.